The van der Waals surface area contributed by atoms with Crippen molar-refractivity contribution in [1.82, 2.24) is 14.7 Å². The van der Waals surface area contributed by atoms with E-state index in [9.17, 15) is 14.7 Å². The highest BCUT2D eigenvalue weighted by Crippen LogP contribution is 2.24. The lowest BCUT2D eigenvalue weighted by atomic mass is 9.93. The summed E-state index contributed by atoms with van der Waals surface area (Å²) < 4.78 is 2.57. The van der Waals surface area contributed by atoms with Crippen molar-refractivity contribution in [3.8, 4) is 5.69 Å². The second-order valence-electron chi connectivity index (χ2n) is 6.07. The number of aliphatic carboxylic acids is 1. The fraction of sp³-hybridized carbons (Fsp3) is 0.353. The van der Waals surface area contributed by atoms with Gasteiger partial charge in [-0.05, 0) is 38.0 Å². The third-order valence-electron chi connectivity index (χ3n) is 4.39. The Bertz CT molecular complexity index is 774. The number of hydrogen-bond acceptors (Lipinski definition) is 3. The van der Waals surface area contributed by atoms with Crippen LogP contribution in [-0.2, 0) is 4.79 Å². The molecule has 1 fully saturated rings. The van der Waals surface area contributed by atoms with Gasteiger partial charge in [-0.2, -0.15) is 5.10 Å². The Morgan fingerprint density at radius 2 is 2.12 bits per heavy atom. The number of aromatic nitrogens is 2. The number of halogens is 1. The van der Waals surface area contributed by atoms with Crippen molar-refractivity contribution >= 4 is 27.8 Å². The van der Waals surface area contributed by atoms with E-state index in [1.54, 1.807) is 15.8 Å². The van der Waals surface area contributed by atoms with Crippen LogP contribution in [0.4, 0.5) is 0 Å². The second-order valence-corrected chi connectivity index (χ2v) is 6.99. The van der Waals surface area contributed by atoms with Crippen LogP contribution in [0, 0.1) is 5.92 Å². The minimum absolute atomic E-state index is 0.0299. The van der Waals surface area contributed by atoms with Gasteiger partial charge in [-0.1, -0.05) is 22.0 Å². The number of carboxylic acids is 1. The van der Waals surface area contributed by atoms with E-state index in [0.29, 0.717) is 18.4 Å². The van der Waals surface area contributed by atoms with E-state index in [1.807, 2.05) is 31.2 Å². The van der Waals surface area contributed by atoms with E-state index in [2.05, 4.69) is 21.0 Å². The third kappa shape index (κ3) is 3.36. The first-order valence-corrected chi connectivity index (χ1v) is 8.59. The fourth-order valence-electron chi connectivity index (χ4n) is 2.95. The van der Waals surface area contributed by atoms with Crippen molar-refractivity contribution < 1.29 is 14.7 Å². The molecule has 1 aliphatic rings. The number of carboxylic acid groups (broad SMARTS) is 1. The third-order valence-corrected chi connectivity index (χ3v) is 4.89. The van der Waals surface area contributed by atoms with Crippen LogP contribution >= 0.6 is 15.9 Å². The molecule has 126 valence electrons. The van der Waals surface area contributed by atoms with E-state index >= 15 is 0 Å². The van der Waals surface area contributed by atoms with Gasteiger partial charge in [0.15, 0.2) is 0 Å². The number of hydrogen-bond donors (Lipinski definition) is 1. The summed E-state index contributed by atoms with van der Waals surface area (Å²) in [5.41, 5.74) is 1.31. The van der Waals surface area contributed by atoms with Crippen LogP contribution in [0.2, 0.25) is 0 Å². The first-order valence-electron chi connectivity index (χ1n) is 7.80. The van der Waals surface area contributed by atoms with Gasteiger partial charge in [-0.3, -0.25) is 9.59 Å². The summed E-state index contributed by atoms with van der Waals surface area (Å²) in [6.07, 6.45) is 4.52. The average Bonchev–Trinajstić information content (AvgIpc) is 3.04. The van der Waals surface area contributed by atoms with Crippen LogP contribution < -0.4 is 0 Å². The standard InChI is InChI=1S/C17H18BrN3O3/c1-11-5-6-12(17(23)24)9-20(11)16(22)13-8-19-21(10-13)15-4-2-3-14(18)7-15/h2-4,7-8,10-12H,5-6,9H2,1H3,(H,23,24). The molecule has 1 aromatic carbocycles. The molecule has 24 heavy (non-hydrogen) atoms. The molecule has 0 spiro atoms. The van der Waals surface area contributed by atoms with Crippen LogP contribution in [0.25, 0.3) is 5.69 Å². The van der Waals surface area contributed by atoms with Crippen LogP contribution in [-0.4, -0.2) is 44.3 Å². The lowest BCUT2D eigenvalue weighted by molar-refractivity contribution is -0.143. The Morgan fingerprint density at radius 1 is 1.33 bits per heavy atom. The average molecular weight is 392 g/mol. The molecule has 1 amide bonds. The summed E-state index contributed by atoms with van der Waals surface area (Å²) in [6, 6.07) is 7.65. The molecule has 0 saturated carbocycles. The van der Waals surface area contributed by atoms with Gasteiger partial charge in [-0.25, -0.2) is 4.68 Å². The normalized spacial score (nSPS) is 20.8. The van der Waals surface area contributed by atoms with Crippen molar-refractivity contribution in [2.45, 2.75) is 25.8 Å². The smallest absolute Gasteiger partial charge is 0.308 e. The predicted molar refractivity (Wildman–Crippen MR) is 92.1 cm³/mol. The minimum atomic E-state index is -0.843. The van der Waals surface area contributed by atoms with E-state index in [4.69, 9.17) is 0 Å². The van der Waals surface area contributed by atoms with E-state index in [-0.39, 0.29) is 18.5 Å². The maximum Gasteiger partial charge on any atom is 0.308 e. The highest BCUT2D eigenvalue weighted by molar-refractivity contribution is 9.10. The SMILES string of the molecule is CC1CCC(C(=O)O)CN1C(=O)c1cnn(-c2cccc(Br)c2)c1. The van der Waals surface area contributed by atoms with E-state index < -0.39 is 11.9 Å². The zero-order chi connectivity index (χ0) is 17.3. The maximum atomic E-state index is 12.8. The monoisotopic (exact) mass is 391 g/mol. The van der Waals surface area contributed by atoms with Crippen LogP contribution in [0.5, 0.6) is 0 Å². The topological polar surface area (TPSA) is 75.4 Å². The number of carbonyl (C=O) groups excluding carboxylic acids is 1. The second kappa shape index (κ2) is 6.76. The van der Waals surface area contributed by atoms with Crippen molar-refractivity contribution in [3.63, 3.8) is 0 Å². The van der Waals surface area contributed by atoms with Crippen LogP contribution in [0.3, 0.4) is 0 Å². The summed E-state index contributed by atoms with van der Waals surface area (Å²) in [4.78, 5) is 25.6. The molecule has 0 radical (unpaired) electrons. The molecule has 1 aliphatic heterocycles. The summed E-state index contributed by atoms with van der Waals surface area (Å²) >= 11 is 3.41. The molecule has 2 aromatic rings. The van der Waals surface area contributed by atoms with E-state index in [1.165, 1.54) is 6.20 Å². The van der Waals surface area contributed by atoms with Crippen LogP contribution in [0.1, 0.15) is 30.1 Å². The summed E-state index contributed by atoms with van der Waals surface area (Å²) in [6.45, 7) is 2.20. The molecule has 0 aliphatic carbocycles. The van der Waals surface area contributed by atoms with Gasteiger partial charge in [0.05, 0.1) is 23.4 Å². The maximum absolute atomic E-state index is 12.8. The Kier molecular flexibility index (Phi) is 4.71. The predicted octanol–water partition coefficient (Wildman–Crippen LogP) is 2.96. The van der Waals surface area contributed by atoms with Gasteiger partial charge < -0.3 is 10.0 Å². The van der Waals surface area contributed by atoms with Crippen molar-refractivity contribution in [1.29, 1.82) is 0 Å². The van der Waals surface area contributed by atoms with Gasteiger partial charge in [0.25, 0.3) is 5.91 Å². The number of likely N-dealkylation sites (tertiary alicyclic amines) is 1. The lowest BCUT2D eigenvalue weighted by Crippen LogP contribution is -2.47. The van der Waals surface area contributed by atoms with Gasteiger partial charge in [0.1, 0.15) is 0 Å². The summed E-state index contributed by atoms with van der Waals surface area (Å²) in [7, 11) is 0. The van der Waals surface area contributed by atoms with Crippen molar-refractivity contribution in [3.05, 3.63) is 46.7 Å². The molecule has 1 N–H and O–H groups in total. The highest BCUT2D eigenvalue weighted by atomic mass is 79.9. The Labute approximate surface area is 148 Å². The number of amides is 1. The van der Waals surface area contributed by atoms with Crippen LogP contribution in [0.15, 0.2) is 41.1 Å². The molecule has 2 heterocycles. The van der Waals surface area contributed by atoms with Crippen molar-refractivity contribution in [2.24, 2.45) is 5.92 Å². The van der Waals surface area contributed by atoms with Gasteiger partial charge in [-0.15, -0.1) is 0 Å². The Balaban J connectivity index is 1.81. The fourth-order valence-corrected chi connectivity index (χ4v) is 3.34. The quantitative estimate of drug-likeness (QED) is 0.872. The van der Waals surface area contributed by atoms with Gasteiger partial charge in [0, 0.05) is 23.3 Å². The first kappa shape index (κ1) is 16.7. The van der Waals surface area contributed by atoms with Crippen molar-refractivity contribution in [2.75, 3.05) is 6.54 Å². The Hall–Kier alpha value is -2.15. The molecular weight excluding hydrogens is 374 g/mol. The lowest BCUT2D eigenvalue weighted by Gasteiger charge is -2.36. The minimum Gasteiger partial charge on any atom is -0.481 e. The highest BCUT2D eigenvalue weighted by Gasteiger charge is 2.33. The molecule has 6 nitrogen and oxygen atoms in total. The van der Waals surface area contributed by atoms with Gasteiger partial charge >= 0.3 is 5.97 Å². The zero-order valence-electron chi connectivity index (χ0n) is 13.2. The summed E-state index contributed by atoms with van der Waals surface area (Å²) in [5.74, 6) is -1.51. The number of carbonyl (C=O) groups is 2. The van der Waals surface area contributed by atoms with Gasteiger partial charge in [0.2, 0.25) is 0 Å². The molecule has 7 heteroatoms. The molecule has 3 rings (SSSR count). The first-order chi connectivity index (χ1) is 11.5. The molecule has 0 bridgehead atoms. The molecule has 2 atom stereocenters. The largest absolute Gasteiger partial charge is 0.481 e. The molecular formula is C17H18BrN3O3. The molecule has 2 unspecified atom stereocenters. The molecule has 1 saturated heterocycles. The summed E-state index contributed by atoms with van der Waals surface area (Å²) in [5, 5.41) is 13.5. The molecule has 1 aromatic heterocycles. The Morgan fingerprint density at radius 3 is 2.83 bits per heavy atom. The zero-order valence-corrected chi connectivity index (χ0v) is 14.8. The van der Waals surface area contributed by atoms with E-state index in [0.717, 1.165) is 10.2 Å². The number of rotatable bonds is 3. The number of piperidine rings is 1. The number of nitrogens with zero attached hydrogens (tertiary/aromatic N) is 3. The number of benzene rings is 1.